The molecule has 0 radical (unpaired) electrons. The summed E-state index contributed by atoms with van der Waals surface area (Å²) in [6, 6.07) is 8.91. The van der Waals surface area contributed by atoms with E-state index in [-0.39, 0.29) is 11.8 Å². The predicted octanol–water partition coefficient (Wildman–Crippen LogP) is 1.41. The molecule has 21 heavy (non-hydrogen) atoms. The van der Waals surface area contributed by atoms with Gasteiger partial charge >= 0.3 is 0 Å². The number of para-hydroxylation sites is 1. The van der Waals surface area contributed by atoms with E-state index in [4.69, 9.17) is 0 Å². The average molecular weight is 287 g/mol. The van der Waals surface area contributed by atoms with Gasteiger partial charge in [0.1, 0.15) is 0 Å². The van der Waals surface area contributed by atoms with Crippen LogP contribution in [-0.4, -0.2) is 38.1 Å². The van der Waals surface area contributed by atoms with Crippen molar-refractivity contribution in [1.29, 1.82) is 0 Å². The maximum Gasteiger partial charge on any atom is 0.223 e. The first-order valence-corrected chi connectivity index (χ1v) is 8.00. The van der Waals surface area contributed by atoms with Gasteiger partial charge in [-0.3, -0.25) is 4.79 Å². The summed E-state index contributed by atoms with van der Waals surface area (Å²) >= 11 is 0. The van der Waals surface area contributed by atoms with Crippen molar-refractivity contribution >= 4 is 11.6 Å². The summed E-state index contributed by atoms with van der Waals surface area (Å²) in [6.07, 6.45) is 1.11. The molecular formula is C17H25N3O. The summed E-state index contributed by atoms with van der Waals surface area (Å²) in [5, 5.41) is 6.36. The minimum absolute atomic E-state index is 0.115. The van der Waals surface area contributed by atoms with Crippen molar-refractivity contribution in [3.05, 3.63) is 29.8 Å². The number of rotatable bonds is 5. The Balaban J connectivity index is 1.53. The summed E-state index contributed by atoms with van der Waals surface area (Å²) in [5.74, 6) is 0.818. The van der Waals surface area contributed by atoms with Gasteiger partial charge in [0.05, 0.1) is 0 Å². The van der Waals surface area contributed by atoms with Gasteiger partial charge in [-0.1, -0.05) is 25.1 Å². The summed E-state index contributed by atoms with van der Waals surface area (Å²) in [6.45, 7) is 7.96. The molecule has 1 amide bonds. The van der Waals surface area contributed by atoms with Gasteiger partial charge in [0, 0.05) is 30.7 Å². The van der Waals surface area contributed by atoms with Crippen LogP contribution in [-0.2, 0) is 11.2 Å². The molecule has 1 saturated heterocycles. The number of anilines is 1. The highest BCUT2D eigenvalue weighted by Crippen LogP contribution is 2.28. The molecule has 114 valence electrons. The zero-order valence-corrected chi connectivity index (χ0v) is 12.9. The highest BCUT2D eigenvalue weighted by molar-refractivity contribution is 5.78. The lowest BCUT2D eigenvalue weighted by Gasteiger charge is -2.33. The fraction of sp³-hybridized carbons (Fsp3) is 0.588. The van der Waals surface area contributed by atoms with Gasteiger partial charge in [-0.15, -0.1) is 0 Å². The van der Waals surface area contributed by atoms with Crippen LogP contribution in [0, 0.1) is 11.8 Å². The first-order valence-electron chi connectivity index (χ1n) is 8.00. The number of carbonyl (C=O) groups is 1. The lowest BCUT2D eigenvalue weighted by molar-refractivity contribution is -0.126. The van der Waals surface area contributed by atoms with E-state index in [2.05, 4.69) is 46.7 Å². The Bertz CT molecular complexity index is 513. The van der Waals surface area contributed by atoms with E-state index >= 15 is 0 Å². The zero-order chi connectivity index (χ0) is 14.8. The smallest absolute Gasteiger partial charge is 0.223 e. The molecule has 0 bridgehead atoms. The Morgan fingerprint density at radius 2 is 2.14 bits per heavy atom. The van der Waals surface area contributed by atoms with Crippen molar-refractivity contribution in [3.63, 3.8) is 0 Å². The largest absolute Gasteiger partial charge is 0.366 e. The molecule has 0 aromatic heterocycles. The van der Waals surface area contributed by atoms with Crippen molar-refractivity contribution in [2.24, 2.45) is 11.8 Å². The van der Waals surface area contributed by atoms with Crippen molar-refractivity contribution in [1.82, 2.24) is 10.6 Å². The van der Waals surface area contributed by atoms with Crippen LogP contribution < -0.4 is 15.5 Å². The third-order valence-corrected chi connectivity index (χ3v) is 4.96. The Morgan fingerprint density at radius 3 is 2.86 bits per heavy atom. The molecule has 3 rings (SSSR count). The number of fused-ring (bicyclic) bond motifs is 1. The molecule has 2 N–H and O–H groups in total. The van der Waals surface area contributed by atoms with Gasteiger partial charge in [-0.25, -0.2) is 0 Å². The van der Waals surface area contributed by atoms with Crippen LogP contribution in [0.15, 0.2) is 24.3 Å². The van der Waals surface area contributed by atoms with Gasteiger partial charge in [-0.2, -0.15) is 0 Å². The molecule has 2 aliphatic heterocycles. The minimum atomic E-state index is 0.115. The molecule has 4 heteroatoms. The summed E-state index contributed by atoms with van der Waals surface area (Å²) in [7, 11) is 0. The highest BCUT2D eigenvalue weighted by atomic mass is 16.1. The topological polar surface area (TPSA) is 44.4 Å². The van der Waals surface area contributed by atoms with Gasteiger partial charge < -0.3 is 15.5 Å². The van der Waals surface area contributed by atoms with Crippen LogP contribution in [0.1, 0.15) is 19.4 Å². The molecule has 2 atom stereocenters. The standard InChI is InChI=1S/C17H25N3O/c1-12(9-19-17(21)13(2)15-10-18-11-15)20-8-7-14-5-3-4-6-16(14)20/h3-6,12-13,15,18H,7-11H2,1-2H3,(H,19,21). The van der Waals surface area contributed by atoms with Crippen LogP contribution in [0.2, 0.25) is 0 Å². The normalized spacial score (nSPS) is 20.6. The molecule has 0 spiro atoms. The number of nitrogens with one attached hydrogen (secondary N) is 2. The molecule has 1 aromatic carbocycles. The lowest BCUT2D eigenvalue weighted by atomic mass is 9.88. The van der Waals surface area contributed by atoms with Gasteiger partial charge in [-0.05, 0) is 44.0 Å². The van der Waals surface area contributed by atoms with Gasteiger partial charge in [0.2, 0.25) is 5.91 Å². The van der Waals surface area contributed by atoms with Crippen molar-refractivity contribution in [2.45, 2.75) is 26.3 Å². The molecule has 2 unspecified atom stereocenters. The lowest BCUT2D eigenvalue weighted by Crippen LogP contribution is -2.51. The van der Waals surface area contributed by atoms with Gasteiger partial charge in [0.15, 0.2) is 0 Å². The summed E-state index contributed by atoms with van der Waals surface area (Å²) in [4.78, 5) is 14.6. The van der Waals surface area contributed by atoms with E-state index in [0.29, 0.717) is 12.0 Å². The Hall–Kier alpha value is -1.55. The second kappa shape index (κ2) is 6.06. The molecule has 2 heterocycles. The number of nitrogens with zero attached hydrogens (tertiary/aromatic N) is 1. The Kier molecular flexibility index (Phi) is 4.15. The minimum Gasteiger partial charge on any atom is -0.366 e. The number of hydrogen-bond acceptors (Lipinski definition) is 3. The SMILES string of the molecule is CC(C(=O)NCC(C)N1CCc2ccccc21)C1CNC1. The third kappa shape index (κ3) is 2.91. The van der Waals surface area contributed by atoms with Crippen molar-refractivity contribution in [3.8, 4) is 0 Å². The first kappa shape index (κ1) is 14.4. The van der Waals surface area contributed by atoms with E-state index in [9.17, 15) is 4.79 Å². The van der Waals surface area contributed by atoms with E-state index in [1.165, 1.54) is 11.3 Å². The van der Waals surface area contributed by atoms with Crippen LogP contribution in [0.25, 0.3) is 0 Å². The first-order chi connectivity index (χ1) is 10.2. The number of carbonyl (C=O) groups excluding carboxylic acids is 1. The van der Waals surface area contributed by atoms with E-state index in [1.54, 1.807) is 0 Å². The Labute approximate surface area is 126 Å². The van der Waals surface area contributed by atoms with Crippen molar-refractivity contribution < 1.29 is 4.79 Å². The fourth-order valence-electron chi connectivity index (χ4n) is 3.22. The molecule has 2 aliphatic rings. The molecule has 1 fully saturated rings. The second-order valence-corrected chi connectivity index (χ2v) is 6.37. The second-order valence-electron chi connectivity index (χ2n) is 6.37. The molecular weight excluding hydrogens is 262 g/mol. The van der Waals surface area contributed by atoms with Gasteiger partial charge in [0.25, 0.3) is 0 Å². The average Bonchev–Trinajstić information content (AvgIpc) is 2.86. The van der Waals surface area contributed by atoms with Crippen LogP contribution in [0.4, 0.5) is 5.69 Å². The Morgan fingerprint density at radius 1 is 1.38 bits per heavy atom. The van der Waals surface area contributed by atoms with E-state index < -0.39 is 0 Å². The third-order valence-electron chi connectivity index (χ3n) is 4.96. The maximum atomic E-state index is 12.2. The quantitative estimate of drug-likeness (QED) is 0.860. The number of hydrogen-bond donors (Lipinski definition) is 2. The van der Waals surface area contributed by atoms with Crippen molar-refractivity contribution in [2.75, 3.05) is 31.1 Å². The number of amides is 1. The molecule has 1 aromatic rings. The van der Waals surface area contributed by atoms with Crippen LogP contribution >= 0.6 is 0 Å². The summed E-state index contributed by atoms with van der Waals surface area (Å²) < 4.78 is 0. The van der Waals surface area contributed by atoms with E-state index in [0.717, 1.165) is 32.6 Å². The molecule has 4 nitrogen and oxygen atoms in total. The maximum absolute atomic E-state index is 12.2. The molecule has 0 saturated carbocycles. The summed E-state index contributed by atoms with van der Waals surface area (Å²) in [5.41, 5.74) is 2.75. The fourth-order valence-corrected chi connectivity index (χ4v) is 3.22. The zero-order valence-electron chi connectivity index (χ0n) is 12.9. The van der Waals surface area contributed by atoms with E-state index in [1.807, 2.05) is 6.92 Å². The molecule has 0 aliphatic carbocycles. The predicted molar refractivity (Wildman–Crippen MR) is 85.5 cm³/mol. The number of benzene rings is 1. The monoisotopic (exact) mass is 287 g/mol. The highest BCUT2D eigenvalue weighted by Gasteiger charge is 2.29. The van der Waals surface area contributed by atoms with Crippen LogP contribution in [0.3, 0.4) is 0 Å². The van der Waals surface area contributed by atoms with Crippen LogP contribution in [0.5, 0.6) is 0 Å².